The van der Waals surface area contributed by atoms with Crippen molar-refractivity contribution in [3.8, 4) is 0 Å². The number of hydrogen-bond donors (Lipinski definition) is 2. The predicted octanol–water partition coefficient (Wildman–Crippen LogP) is 1.70. The van der Waals surface area contributed by atoms with Crippen molar-refractivity contribution in [2.45, 2.75) is 17.9 Å². The first kappa shape index (κ1) is 13.5. The number of aromatic nitrogens is 1. The monoisotopic (exact) mass is 277 g/mol. The van der Waals surface area contributed by atoms with Crippen LogP contribution in [0.15, 0.2) is 53.7 Å². The summed E-state index contributed by atoms with van der Waals surface area (Å²) in [6.07, 6.45) is 3.26. The van der Waals surface area contributed by atoms with Crippen molar-refractivity contribution < 1.29 is 8.42 Å². The lowest BCUT2D eigenvalue weighted by Gasteiger charge is -2.14. The second-order valence-corrected chi connectivity index (χ2v) is 5.91. The zero-order valence-electron chi connectivity index (χ0n) is 10.4. The number of sulfonamides is 1. The van der Waals surface area contributed by atoms with Crippen LogP contribution in [-0.2, 0) is 10.0 Å². The second kappa shape index (κ2) is 5.38. The zero-order valence-corrected chi connectivity index (χ0v) is 11.3. The molecule has 5 nitrogen and oxygen atoms in total. The van der Waals surface area contributed by atoms with Gasteiger partial charge in [0.15, 0.2) is 0 Å². The minimum Gasteiger partial charge on any atom is -0.399 e. The van der Waals surface area contributed by atoms with Crippen molar-refractivity contribution >= 4 is 15.7 Å². The molecule has 0 radical (unpaired) electrons. The van der Waals surface area contributed by atoms with Gasteiger partial charge in [0.25, 0.3) is 0 Å². The molecule has 19 heavy (non-hydrogen) atoms. The molecule has 0 bridgehead atoms. The third-order valence-electron chi connectivity index (χ3n) is 2.73. The van der Waals surface area contributed by atoms with Gasteiger partial charge in [-0.15, -0.1) is 0 Å². The number of nitrogens with zero attached hydrogens (tertiary/aromatic N) is 1. The van der Waals surface area contributed by atoms with Gasteiger partial charge in [-0.05, 0) is 48.9 Å². The van der Waals surface area contributed by atoms with E-state index in [0.717, 1.165) is 5.56 Å². The number of nitrogen functional groups attached to an aromatic ring is 1. The molecule has 0 saturated carbocycles. The maximum absolute atomic E-state index is 12.2. The van der Waals surface area contributed by atoms with E-state index in [4.69, 9.17) is 5.73 Å². The van der Waals surface area contributed by atoms with E-state index in [-0.39, 0.29) is 10.9 Å². The van der Waals surface area contributed by atoms with Crippen LogP contribution in [0, 0.1) is 0 Å². The van der Waals surface area contributed by atoms with E-state index < -0.39 is 10.0 Å². The average molecular weight is 277 g/mol. The van der Waals surface area contributed by atoms with Crippen LogP contribution in [0.25, 0.3) is 0 Å². The summed E-state index contributed by atoms with van der Waals surface area (Å²) in [6, 6.07) is 9.31. The fraction of sp³-hybridized carbons (Fsp3) is 0.154. The Morgan fingerprint density at radius 1 is 1.11 bits per heavy atom. The van der Waals surface area contributed by atoms with Gasteiger partial charge in [-0.2, -0.15) is 0 Å². The number of pyridine rings is 1. The first-order valence-corrected chi connectivity index (χ1v) is 7.25. The van der Waals surface area contributed by atoms with Crippen molar-refractivity contribution in [1.82, 2.24) is 9.71 Å². The molecule has 1 atom stereocenters. The van der Waals surface area contributed by atoms with E-state index in [2.05, 4.69) is 9.71 Å². The van der Waals surface area contributed by atoms with Gasteiger partial charge >= 0.3 is 0 Å². The second-order valence-electron chi connectivity index (χ2n) is 4.19. The molecule has 3 N–H and O–H groups in total. The standard InChI is InChI=1S/C13H15N3O2S/c1-10(11-6-8-15-9-7-11)16-19(17,18)13-4-2-12(14)3-5-13/h2-10,16H,14H2,1H3/t10-/m1/s1. The fourth-order valence-electron chi connectivity index (χ4n) is 1.67. The van der Waals surface area contributed by atoms with Gasteiger partial charge in [-0.3, -0.25) is 4.98 Å². The van der Waals surface area contributed by atoms with Crippen LogP contribution in [-0.4, -0.2) is 13.4 Å². The molecule has 2 aromatic rings. The summed E-state index contributed by atoms with van der Waals surface area (Å²) in [4.78, 5) is 4.10. The highest BCUT2D eigenvalue weighted by atomic mass is 32.2. The van der Waals surface area contributed by atoms with E-state index in [0.29, 0.717) is 5.69 Å². The minimum absolute atomic E-state index is 0.197. The molecule has 0 fully saturated rings. The summed E-state index contributed by atoms with van der Waals surface area (Å²) in [6.45, 7) is 1.78. The highest BCUT2D eigenvalue weighted by molar-refractivity contribution is 7.89. The third-order valence-corrected chi connectivity index (χ3v) is 4.29. The van der Waals surface area contributed by atoms with Gasteiger partial charge in [0.2, 0.25) is 10.0 Å². The highest BCUT2D eigenvalue weighted by Crippen LogP contribution is 2.17. The van der Waals surface area contributed by atoms with Crippen molar-refractivity contribution in [1.29, 1.82) is 0 Å². The predicted molar refractivity (Wildman–Crippen MR) is 73.8 cm³/mol. The van der Waals surface area contributed by atoms with Gasteiger partial charge in [0.05, 0.1) is 4.90 Å². The van der Waals surface area contributed by atoms with Crippen molar-refractivity contribution in [3.05, 3.63) is 54.4 Å². The van der Waals surface area contributed by atoms with E-state index in [1.165, 1.54) is 12.1 Å². The summed E-state index contributed by atoms with van der Waals surface area (Å²) >= 11 is 0. The molecule has 0 aliphatic rings. The maximum Gasteiger partial charge on any atom is 0.241 e. The summed E-state index contributed by atoms with van der Waals surface area (Å²) in [7, 11) is -3.55. The van der Waals surface area contributed by atoms with Crippen molar-refractivity contribution in [3.63, 3.8) is 0 Å². The highest BCUT2D eigenvalue weighted by Gasteiger charge is 2.17. The van der Waals surface area contributed by atoms with Gasteiger partial charge in [-0.1, -0.05) is 0 Å². The lowest BCUT2D eigenvalue weighted by atomic mass is 10.1. The maximum atomic E-state index is 12.2. The van der Waals surface area contributed by atoms with Crippen LogP contribution in [0.2, 0.25) is 0 Å². The molecule has 0 aliphatic carbocycles. The van der Waals surface area contributed by atoms with E-state index in [9.17, 15) is 8.42 Å². The van der Waals surface area contributed by atoms with Crippen LogP contribution < -0.4 is 10.5 Å². The Hall–Kier alpha value is -1.92. The number of nitrogens with one attached hydrogen (secondary N) is 1. The first-order chi connectivity index (χ1) is 8.99. The molecule has 0 saturated heterocycles. The van der Waals surface area contributed by atoms with Crippen LogP contribution >= 0.6 is 0 Å². The van der Waals surface area contributed by atoms with Gasteiger partial charge < -0.3 is 5.73 Å². The molecule has 1 heterocycles. The Kier molecular flexibility index (Phi) is 3.82. The van der Waals surface area contributed by atoms with Crippen LogP contribution in [0.5, 0.6) is 0 Å². The number of nitrogens with two attached hydrogens (primary N) is 1. The summed E-state index contributed by atoms with van der Waals surface area (Å²) in [5, 5.41) is 0. The minimum atomic E-state index is -3.55. The van der Waals surface area contributed by atoms with Crippen LogP contribution in [0.4, 0.5) is 5.69 Å². The molecule has 2 rings (SSSR count). The van der Waals surface area contributed by atoms with Gasteiger partial charge in [0.1, 0.15) is 0 Å². The first-order valence-electron chi connectivity index (χ1n) is 5.77. The SMILES string of the molecule is C[C@@H](NS(=O)(=O)c1ccc(N)cc1)c1ccncc1. The number of anilines is 1. The lowest BCUT2D eigenvalue weighted by Crippen LogP contribution is -2.26. The Morgan fingerprint density at radius 3 is 2.26 bits per heavy atom. The Bertz CT molecular complexity index is 639. The largest absolute Gasteiger partial charge is 0.399 e. The topological polar surface area (TPSA) is 85.1 Å². The molecule has 0 unspecified atom stereocenters. The summed E-state index contributed by atoms with van der Waals surface area (Å²) in [5.74, 6) is 0. The zero-order chi connectivity index (χ0) is 13.9. The molecular weight excluding hydrogens is 262 g/mol. The Balaban J connectivity index is 2.20. The number of benzene rings is 1. The molecule has 6 heteroatoms. The molecule has 0 aliphatic heterocycles. The average Bonchev–Trinajstić information content (AvgIpc) is 2.40. The Morgan fingerprint density at radius 2 is 1.68 bits per heavy atom. The molecule has 1 aromatic carbocycles. The summed E-state index contributed by atoms with van der Waals surface area (Å²) < 4.78 is 26.9. The van der Waals surface area contributed by atoms with Crippen molar-refractivity contribution in [2.75, 3.05) is 5.73 Å². The molecular formula is C13H15N3O2S. The smallest absolute Gasteiger partial charge is 0.241 e. The Labute approximate surface area is 112 Å². The fourth-order valence-corrected chi connectivity index (χ4v) is 2.90. The lowest BCUT2D eigenvalue weighted by molar-refractivity contribution is 0.567. The molecule has 0 spiro atoms. The molecule has 1 aromatic heterocycles. The number of rotatable bonds is 4. The van der Waals surface area contributed by atoms with E-state index in [1.54, 1.807) is 43.6 Å². The van der Waals surface area contributed by atoms with Crippen LogP contribution in [0.3, 0.4) is 0 Å². The molecule has 0 amide bonds. The quantitative estimate of drug-likeness (QED) is 0.833. The third kappa shape index (κ3) is 3.30. The van der Waals surface area contributed by atoms with E-state index in [1.807, 2.05) is 0 Å². The van der Waals surface area contributed by atoms with Crippen LogP contribution in [0.1, 0.15) is 18.5 Å². The molecule has 100 valence electrons. The normalized spacial score (nSPS) is 13.1. The number of hydrogen-bond acceptors (Lipinski definition) is 4. The van der Waals surface area contributed by atoms with Crippen molar-refractivity contribution in [2.24, 2.45) is 0 Å². The van der Waals surface area contributed by atoms with Gasteiger partial charge in [-0.25, -0.2) is 13.1 Å². The summed E-state index contributed by atoms with van der Waals surface area (Å²) in [5.41, 5.74) is 6.92. The van der Waals surface area contributed by atoms with Gasteiger partial charge in [0, 0.05) is 24.1 Å². The van der Waals surface area contributed by atoms with E-state index >= 15 is 0 Å².